The van der Waals surface area contributed by atoms with Crippen LogP contribution in [0.3, 0.4) is 0 Å². The Kier molecular flexibility index (Phi) is 6.57. The Morgan fingerprint density at radius 1 is 1.07 bits per heavy atom. The number of benzene rings is 2. The highest BCUT2D eigenvalue weighted by Crippen LogP contribution is 2.18. The molecule has 0 aliphatic heterocycles. The maximum atomic E-state index is 12.6. The van der Waals surface area contributed by atoms with E-state index in [4.69, 9.17) is 0 Å². The number of ether oxygens (including phenoxy) is 1. The number of sulfonamides is 1. The van der Waals surface area contributed by atoms with Gasteiger partial charge in [0.15, 0.2) is 0 Å². The average Bonchev–Trinajstić information content (AvgIpc) is 2.67. The molecule has 0 fully saturated rings. The predicted octanol–water partition coefficient (Wildman–Crippen LogP) is 2.80. The molecule has 2 aromatic rings. The van der Waals surface area contributed by atoms with Crippen molar-refractivity contribution in [3.05, 3.63) is 59.7 Å². The predicted molar refractivity (Wildman–Crippen MR) is 102 cm³/mol. The van der Waals surface area contributed by atoms with E-state index in [-0.39, 0.29) is 28.1 Å². The molecule has 2 N–H and O–H groups in total. The van der Waals surface area contributed by atoms with Gasteiger partial charge in [-0.05, 0) is 55.8 Å². The van der Waals surface area contributed by atoms with E-state index in [1.165, 1.54) is 49.6 Å². The lowest BCUT2D eigenvalue weighted by atomic mass is 10.2. The summed E-state index contributed by atoms with van der Waals surface area (Å²) in [5, 5.41) is 2.80. The quantitative estimate of drug-likeness (QED) is 0.708. The Bertz CT molecular complexity index is 923. The molecule has 0 spiro atoms. The number of carbonyl (C=O) groups is 2. The minimum Gasteiger partial charge on any atom is -0.465 e. The SMILES string of the molecule is CCC(C)NC(=O)c1cccc(S(=O)(=O)Nc2ccc(C(=O)OC)cc2)c1. The first-order valence-electron chi connectivity index (χ1n) is 8.39. The molecule has 0 saturated carbocycles. The number of methoxy groups -OCH3 is 1. The van der Waals surface area contributed by atoms with Gasteiger partial charge in [-0.3, -0.25) is 9.52 Å². The molecular weight excluding hydrogens is 368 g/mol. The van der Waals surface area contributed by atoms with E-state index in [0.717, 1.165) is 6.42 Å². The summed E-state index contributed by atoms with van der Waals surface area (Å²) in [6.07, 6.45) is 0.771. The normalized spacial score (nSPS) is 12.1. The number of hydrogen-bond donors (Lipinski definition) is 2. The van der Waals surface area contributed by atoms with E-state index >= 15 is 0 Å². The van der Waals surface area contributed by atoms with Crippen LogP contribution in [0, 0.1) is 0 Å². The average molecular weight is 390 g/mol. The van der Waals surface area contributed by atoms with Crippen molar-refractivity contribution < 1.29 is 22.7 Å². The minimum absolute atomic E-state index is 0.00999. The highest BCUT2D eigenvalue weighted by molar-refractivity contribution is 7.92. The molecule has 1 unspecified atom stereocenters. The maximum Gasteiger partial charge on any atom is 0.337 e. The lowest BCUT2D eigenvalue weighted by Gasteiger charge is -2.13. The summed E-state index contributed by atoms with van der Waals surface area (Å²) < 4.78 is 32.2. The third-order valence-electron chi connectivity index (χ3n) is 3.95. The smallest absolute Gasteiger partial charge is 0.337 e. The molecule has 7 nitrogen and oxygen atoms in total. The summed E-state index contributed by atoms with van der Waals surface area (Å²) in [6, 6.07) is 11.6. The largest absolute Gasteiger partial charge is 0.465 e. The third kappa shape index (κ3) is 5.30. The second kappa shape index (κ2) is 8.68. The second-order valence-electron chi connectivity index (χ2n) is 5.99. The molecule has 2 rings (SSSR count). The topological polar surface area (TPSA) is 102 Å². The molecule has 27 heavy (non-hydrogen) atoms. The van der Waals surface area contributed by atoms with Gasteiger partial charge in [-0.15, -0.1) is 0 Å². The minimum atomic E-state index is -3.89. The van der Waals surface area contributed by atoms with Crippen LogP contribution in [0.25, 0.3) is 0 Å². The fourth-order valence-corrected chi connectivity index (χ4v) is 3.32. The summed E-state index contributed by atoms with van der Waals surface area (Å²) in [4.78, 5) is 23.6. The van der Waals surface area contributed by atoms with Gasteiger partial charge in [-0.25, -0.2) is 13.2 Å². The highest BCUT2D eigenvalue weighted by Gasteiger charge is 2.17. The van der Waals surface area contributed by atoms with Gasteiger partial charge in [0.25, 0.3) is 15.9 Å². The van der Waals surface area contributed by atoms with Crippen molar-refractivity contribution in [3.8, 4) is 0 Å². The third-order valence-corrected chi connectivity index (χ3v) is 5.33. The molecule has 1 amide bonds. The number of amides is 1. The van der Waals surface area contributed by atoms with E-state index in [9.17, 15) is 18.0 Å². The van der Waals surface area contributed by atoms with Crippen LogP contribution in [0.15, 0.2) is 53.4 Å². The van der Waals surface area contributed by atoms with Gasteiger partial charge in [-0.1, -0.05) is 13.0 Å². The molecular formula is C19H22N2O5S. The van der Waals surface area contributed by atoms with E-state index in [1.54, 1.807) is 6.07 Å². The van der Waals surface area contributed by atoms with Gasteiger partial charge >= 0.3 is 5.97 Å². The van der Waals surface area contributed by atoms with Gasteiger partial charge in [0.1, 0.15) is 0 Å². The highest BCUT2D eigenvalue weighted by atomic mass is 32.2. The summed E-state index contributed by atoms with van der Waals surface area (Å²) in [5.74, 6) is -0.840. The van der Waals surface area contributed by atoms with Crippen LogP contribution in [-0.4, -0.2) is 33.4 Å². The first-order chi connectivity index (χ1) is 12.8. The van der Waals surface area contributed by atoms with E-state index in [0.29, 0.717) is 5.56 Å². The number of esters is 1. The summed E-state index contributed by atoms with van der Waals surface area (Å²) >= 11 is 0. The molecule has 0 aromatic heterocycles. The zero-order valence-electron chi connectivity index (χ0n) is 15.4. The first-order valence-corrected chi connectivity index (χ1v) is 9.87. The van der Waals surface area contributed by atoms with Crippen molar-refractivity contribution in [2.24, 2.45) is 0 Å². The van der Waals surface area contributed by atoms with E-state index in [2.05, 4.69) is 14.8 Å². The van der Waals surface area contributed by atoms with E-state index in [1.807, 2.05) is 13.8 Å². The summed E-state index contributed by atoms with van der Waals surface area (Å²) in [7, 11) is -2.62. The number of anilines is 1. The fraction of sp³-hybridized carbons (Fsp3) is 0.263. The zero-order chi connectivity index (χ0) is 20.0. The molecule has 0 aliphatic carbocycles. The van der Waals surface area contributed by atoms with Crippen LogP contribution in [0.5, 0.6) is 0 Å². The molecule has 0 radical (unpaired) electrons. The van der Waals surface area contributed by atoms with Crippen molar-refractivity contribution in [2.45, 2.75) is 31.2 Å². The Balaban J connectivity index is 2.20. The van der Waals surface area contributed by atoms with Crippen LogP contribution in [-0.2, 0) is 14.8 Å². The molecule has 144 valence electrons. The molecule has 0 bridgehead atoms. The standard InChI is InChI=1S/C19H22N2O5S/c1-4-13(2)20-18(22)15-6-5-7-17(12-15)27(24,25)21-16-10-8-14(9-11-16)19(23)26-3/h5-13,21H,4H2,1-3H3,(H,20,22). The molecule has 0 heterocycles. The number of nitrogens with one attached hydrogen (secondary N) is 2. The maximum absolute atomic E-state index is 12.6. The molecule has 1 atom stereocenters. The van der Waals surface area contributed by atoms with Crippen molar-refractivity contribution in [2.75, 3.05) is 11.8 Å². The molecule has 8 heteroatoms. The Hall–Kier alpha value is -2.87. The van der Waals surface area contributed by atoms with Crippen molar-refractivity contribution in [1.29, 1.82) is 0 Å². The molecule has 0 aliphatic rings. The zero-order valence-corrected chi connectivity index (χ0v) is 16.2. The van der Waals surface area contributed by atoms with Gasteiger partial charge in [0.2, 0.25) is 0 Å². The molecule has 0 saturated heterocycles. The lowest BCUT2D eigenvalue weighted by Crippen LogP contribution is -2.32. The number of carbonyl (C=O) groups excluding carboxylic acids is 2. The van der Waals surface area contributed by atoms with Crippen molar-refractivity contribution >= 4 is 27.6 Å². The van der Waals surface area contributed by atoms with E-state index < -0.39 is 16.0 Å². The summed E-state index contributed by atoms with van der Waals surface area (Å²) in [5.41, 5.74) is 0.862. The van der Waals surface area contributed by atoms with Crippen molar-refractivity contribution in [3.63, 3.8) is 0 Å². The van der Waals surface area contributed by atoms with Crippen LogP contribution >= 0.6 is 0 Å². The van der Waals surface area contributed by atoms with Crippen LogP contribution in [0.2, 0.25) is 0 Å². The monoisotopic (exact) mass is 390 g/mol. The van der Waals surface area contributed by atoms with Gasteiger partial charge < -0.3 is 10.1 Å². The van der Waals surface area contributed by atoms with Crippen LogP contribution in [0.4, 0.5) is 5.69 Å². The Morgan fingerprint density at radius 2 is 1.74 bits per heavy atom. The summed E-state index contributed by atoms with van der Waals surface area (Å²) in [6.45, 7) is 3.82. The van der Waals surface area contributed by atoms with Gasteiger partial charge in [0.05, 0.1) is 17.6 Å². The van der Waals surface area contributed by atoms with Crippen LogP contribution in [0.1, 0.15) is 41.0 Å². The second-order valence-corrected chi connectivity index (χ2v) is 7.67. The number of rotatable bonds is 7. The van der Waals surface area contributed by atoms with Crippen LogP contribution < -0.4 is 10.0 Å². The van der Waals surface area contributed by atoms with Gasteiger partial charge in [0, 0.05) is 17.3 Å². The number of hydrogen-bond acceptors (Lipinski definition) is 5. The molecule has 2 aromatic carbocycles. The van der Waals surface area contributed by atoms with Gasteiger partial charge in [-0.2, -0.15) is 0 Å². The lowest BCUT2D eigenvalue weighted by molar-refractivity contribution is 0.0600. The fourth-order valence-electron chi connectivity index (χ4n) is 2.22. The Labute approximate surface area is 158 Å². The Morgan fingerprint density at radius 3 is 2.33 bits per heavy atom. The van der Waals surface area contributed by atoms with Crippen molar-refractivity contribution in [1.82, 2.24) is 5.32 Å². The first kappa shape index (κ1) is 20.4.